The van der Waals surface area contributed by atoms with Crippen molar-refractivity contribution in [1.82, 2.24) is 4.98 Å². The van der Waals surface area contributed by atoms with Gasteiger partial charge >= 0.3 is 0 Å². The van der Waals surface area contributed by atoms with Crippen LogP contribution in [0.2, 0.25) is 0 Å². The number of carbonyl (C=O) groups excluding carboxylic acids is 1. The Labute approximate surface area is 136 Å². The number of rotatable bonds is 3. The molecule has 23 heavy (non-hydrogen) atoms. The second-order valence-electron chi connectivity index (χ2n) is 6.05. The summed E-state index contributed by atoms with van der Waals surface area (Å²) in [6.45, 7) is 3.86. The second-order valence-corrected chi connectivity index (χ2v) is 6.05. The summed E-state index contributed by atoms with van der Waals surface area (Å²) in [5.74, 6) is 0.761. The van der Waals surface area contributed by atoms with E-state index in [1.807, 2.05) is 43.3 Å². The Morgan fingerprint density at radius 2 is 1.87 bits per heavy atom. The minimum atomic E-state index is -0.145. The van der Waals surface area contributed by atoms with E-state index < -0.39 is 0 Å². The largest absolute Gasteiger partial charge is 0.357 e. The molecule has 5 heteroatoms. The molecule has 1 fully saturated rings. The maximum Gasteiger partial charge on any atom is 0.257 e. The molecule has 1 amide bonds. The molecule has 0 saturated carbocycles. The first-order valence-corrected chi connectivity index (χ1v) is 7.96. The molecule has 0 bridgehead atoms. The lowest BCUT2D eigenvalue weighted by molar-refractivity contribution is 0.102. The van der Waals surface area contributed by atoms with Crippen molar-refractivity contribution in [3.05, 3.63) is 53.7 Å². The quantitative estimate of drug-likeness (QED) is 0.914. The molecule has 3 N–H and O–H groups in total. The van der Waals surface area contributed by atoms with Crippen LogP contribution in [0, 0.1) is 6.92 Å². The maximum absolute atomic E-state index is 12.2. The molecule has 5 nitrogen and oxygen atoms in total. The minimum absolute atomic E-state index is 0.145. The Hall–Kier alpha value is -2.40. The molecule has 0 aliphatic carbocycles. The van der Waals surface area contributed by atoms with E-state index in [-0.39, 0.29) is 5.91 Å². The summed E-state index contributed by atoms with van der Waals surface area (Å²) in [6, 6.07) is 11.8. The topological polar surface area (TPSA) is 71.2 Å². The first-order valence-electron chi connectivity index (χ1n) is 7.96. The number of nitrogens with one attached hydrogen (secondary N) is 1. The molecule has 1 aliphatic rings. The molecule has 0 unspecified atom stereocenters. The predicted molar refractivity (Wildman–Crippen MR) is 92.8 cm³/mol. The fourth-order valence-electron chi connectivity index (χ4n) is 2.68. The first-order chi connectivity index (χ1) is 11.1. The summed E-state index contributed by atoms with van der Waals surface area (Å²) in [4.78, 5) is 18.9. The molecule has 0 radical (unpaired) electrons. The predicted octanol–water partition coefficient (Wildman–Crippen LogP) is 2.57. The second kappa shape index (κ2) is 6.79. The van der Waals surface area contributed by atoms with Crippen molar-refractivity contribution in [2.24, 2.45) is 5.73 Å². The van der Waals surface area contributed by atoms with Crippen LogP contribution in [-0.2, 0) is 0 Å². The van der Waals surface area contributed by atoms with Gasteiger partial charge in [0.25, 0.3) is 5.91 Å². The molecule has 1 aromatic carbocycles. The van der Waals surface area contributed by atoms with Crippen molar-refractivity contribution >= 4 is 17.4 Å². The lowest BCUT2D eigenvalue weighted by atomic mass is 10.1. The fraction of sp³-hybridized carbons (Fsp3) is 0.333. The normalized spacial score (nSPS) is 15.5. The van der Waals surface area contributed by atoms with Crippen LogP contribution in [-0.4, -0.2) is 30.0 Å². The number of amides is 1. The summed E-state index contributed by atoms with van der Waals surface area (Å²) in [7, 11) is 0. The van der Waals surface area contributed by atoms with Crippen LogP contribution in [0.4, 0.5) is 11.5 Å². The highest BCUT2D eigenvalue weighted by Gasteiger charge is 2.17. The van der Waals surface area contributed by atoms with Gasteiger partial charge in [-0.25, -0.2) is 4.98 Å². The lowest BCUT2D eigenvalue weighted by Crippen LogP contribution is -2.40. The number of anilines is 2. The van der Waals surface area contributed by atoms with E-state index in [0.29, 0.717) is 11.6 Å². The molecule has 1 aromatic heterocycles. The number of pyridine rings is 1. The zero-order chi connectivity index (χ0) is 16.2. The minimum Gasteiger partial charge on any atom is -0.357 e. The van der Waals surface area contributed by atoms with Gasteiger partial charge in [-0.3, -0.25) is 4.79 Å². The van der Waals surface area contributed by atoms with Gasteiger partial charge in [0.15, 0.2) is 0 Å². The van der Waals surface area contributed by atoms with Gasteiger partial charge in [-0.15, -0.1) is 0 Å². The van der Waals surface area contributed by atoms with E-state index in [1.54, 1.807) is 6.20 Å². The van der Waals surface area contributed by atoms with E-state index >= 15 is 0 Å². The molecular formula is C18H22N4O. The lowest BCUT2D eigenvalue weighted by Gasteiger charge is -2.31. The van der Waals surface area contributed by atoms with Gasteiger partial charge in [0.2, 0.25) is 0 Å². The monoisotopic (exact) mass is 310 g/mol. The highest BCUT2D eigenvalue weighted by molar-refractivity contribution is 6.04. The zero-order valence-corrected chi connectivity index (χ0v) is 13.3. The van der Waals surface area contributed by atoms with Crippen LogP contribution in [0.3, 0.4) is 0 Å². The van der Waals surface area contributed by atoms with Gasteiger partial charge in [0, 0.05) is 31.0 Å². The highest BCUT2D eigenvalue weighted by Crippen LogP contribution is 2.18. The number of aryl methyl sites for hydroxylation is 1. The molecule has 1 saturated heterocycles. The highest BCUT2D eigenvalue weighted by atomic mass is 16.1. The van der Waals surface area contributed by atoms with Gasteiger partial charge in [-0.1, -0.05) is 17.7 Å². The van der Waals surface area contributed by atoms with E-state index in [4.69, 9.17) is 5.73 Å². The van der Waals surface area contributed by atoms with E-state index in [2.05, 4.69) is 15.2 Å². The third-order valence-corrected chi connectivity index (χ3v) is 4.18. The van der Waals surface area contributed by atoms with Gasteiger partial charge < -0.3 is 16.0 Å². The van der Waals surface area contributed by atoms with Gasteiger partial charge in [-0.2, -0.15) is 0 Å². The number of benzene rings is 1. The number of hydrogen-bond donors (Lipinski definition) is 2. The summed E-state index contributed by atoms with van der Waals surface area (Å²) >= 11 is 0. The fourth-order valence-corrected chi connectivity index (χ4v) is 2.68. The SMILES string of the molecule is Cc1ccc(NC(=O)c2ccc(N3CCC(N)CC3)nc2)cc1. The van der Waals surface area contributed by atoms with E-state index in [0.717, 1.165) is 43.0 Å². The molecule has 2 aromatic rings. The molecule has 3 rings (SSSR count). The van der Waals surface area contributed by atoms with Crippen molar-refractivity contribution in [2.75, 3.05) is 23.3 Å². The Morgan fingerprint density at radius 1 is 1.17 bits per heavy atom. The summed E-state index contributed by atoms with van der Waals surface area (Å²) in [5, 5.41) is 2.88. The van der Waals surface area contributed by atoms with Crippen LogP contribution < -0.4 is 16.0 Å². The zero-order valence-electron chi connectivity index (χ0n) is 13.3. The Kier molecular flexibility index (Phi) is 4.57. The molecule has 2 heterocycles. The van der Waals surface area contributed by atoms with Crippen molar-refractivity contribution in [2.45, 2.75) is 25.8 Å². The van der Waals surface area contributed by atoms with Gasteiger partial charge in [0.05, 0.1) is 5.56 Å². The smallest absolute Gasteiger partial charge is 0.257 e. The van der Waals surface area contributed by atoms with Crippen LogP contribution in [0.1, 0.15) is 28.8 Å². The molecule has 1 aliphatic heterocycles. The summed E-state index contributed by atoms with van der Waals surface area (Å²) in [6.07, 6.45) is 3.60. The number of nitrogens with two attached hydrogens (primary N) is 1. The maximum atomic E-state index is 12.2. The van der Waals surface area contributed by atoms with Crippen molar-refractivity contribution in [3.8, 4) is 0 Å². The number of piperidine rings is 1. The molecular weight excluding hydrogens is 288 g/mol. The third-order valence-electron chi connectivity index (χ3n) is 4.18. The van der Waals surface area contributed by atoms with Crippen LogP contribution in [0.15, 0.2) is 42.6 Å². The van der Waals surface area contributed by atoms with Gasteiger partial charge in [-0.05, 0) is 44.0 Å². The van der Waals surface area contributed by atoms with Crippen LogP contribution in [0.5, 0.6) is 0 Å². The van der Waals surface area contributed by atoms with Crippen molar-refractivity contribution < 1.29 is 4.79 Å². The molecule has 120 valence electrons. The van der Waals surface area contributed by atoms with Crippen molar-refractivity contribution in [3.63, 3.8) is 0 Å². The van der Waals surface area contributed by atoms with Gasteiger partial charge in [0.1, 0.15) is 5.82 Å². The Bertz CT molecular complexity index is 658. The van der Waals surface area contributed by atoms with Crippen LogP contribution >= 0.6 is 0 Å². The number of nitrogens with zero attached hydrogens (tertiary/aromatic N) is 2. The number of aromatic nitrogens is 1. The summed E-state index contributed by atoms with van der Waals surface area (Å²) in [5.41, 5.74) is 8.43. The standard InChI is InChI=1S/C18H22N4O/c1-13-2-5-16(6-3-13)21-18(23)14-4-7-17(20-12-14)22-10-8-15(19)9-11-22/h2-7,12,15H,8-11,19H2,1H3,(H,21,23). The molecule has 0 spiro atoms. The van der Waals surface area contributed by atoms with Crippen LogP contribution in [0.25, 0.3) is 0 Å². The Morgan fingerprint density at radius 3 is 2.48 bits per heavy atom. The number of hydrogen-bond acceptors (Lipinski definition) is 4. The van der Waals surface area contributed by atoms with Crippen molar-refractivity contribution in [1.29, 1.82) is 0 Å². The van der Waals surface area contributed by atoms with E-state index in [9.17, 15) is 4.79 Å². The average molecular weight is 310 g/mol. The molecule has 0 atom stereocenters. The van der Waals surface area contributed by atoms with E-state index in [1.165, 1.54) is 0 Å². The summed E-state index contributed by atoms with van der Waals surface area (Å²) < 4.78 is 0. The third kappa shape index (κ3) is 3.87. The average Bonchev–Trinajstić information content (AvgIpc) is 2.58. The Balaban J connectivity index is 1.64. The first kappa shape index (κ1) is 15.5. The number of carbonyl (C=O) groups is 1.